The van der Waals surface area contributed by atoms with E-state index in [1.807, 2.05) is 24.3 Å². The molecule has 33 heavy (non-hydrogen) atoms. The minimum atomic E-state index is -0.946. The van der Waals surface area contributed by atoms with Gasteiger partial charge in [0.25, 0.3) is 0 Å². The molecule has 0 spiro atoms. The molecular weight excluding hydrogens is 420 g/mol. The van der Waals surface area contributed by atoms with E-state index in [1.165, 1.54) is 6.92 Å². The number of nitrogens with zero attached hydrogens (tertiary/aromatic N) is 3. The number of hydrogen-bond acceptors (Lipinski definition) is 6. The fourth-order valence-electron chi connectivity index (χ4n) is 4.53. The largest absolute Gasteiger partial charge is 0.478 e. The molecule has 170 valence electrons. The maximum Gasteiger partial charge on any atom is 0.333 e. The van der Waals surface area contributed by atoms with Crippen LogP contribution in [0.25, 0.3) is 5.57 Å². The Labute approximate surface area is 192 Å². The Morgan fingerprint density at radius 1 is 1.27 bits per heavy atom. The number of nitriles is 1. The van der Waals surface area contributed by atoms with Crippen LogP contribution in [0.3, 0.4) is 0 Å². The summed E-state index contributed by atoms with van der Waals surface area (Å²) in [6, 6.07) is 13.1. The van der Waals surface area contributed by atoms with Gasteiger partial charge in [0.15, 0.2) is 0 Å². The number of benzene rings is 1. The van der Waals surface area contributed by atoms with Crippen molar-refractivity contribution >= 4 is 17.4 Å². The molecule has 2 aliphatic rings. The highest BCUT2D eigenvalue weighted by molar-refractivity contribution is 5.98. The van der Waals surface area contributed by atoms with Gasteiger partial charge in [-0.2, -0.15) is 5.26 Å². The summed E-state index contributed by atoms with van der Waals surface area (Å²) in [4.78, 5) is 29.7. The Morgan fingerprint density at radius 3 is 2.76 bits per heavy atom. The first-order valence-electron chi connectivity index (χ1n) is 11.0. The van der Waals surface area contributed by atoms with Crippen molar-refractivity contribution in [3.8, 4) is 11.9 Å². The number of nitrogens with one attached hydrogen (secondary N) is 1. The van der Waals surface area contributed by atoms with E-state index in [9.17, 15) is 14.7 Å². The van der Waals surface area contributed by atoms with Crippen LogP contribution in [0.5, 0.6) is 5.88 Å². The number of amides is 1. The Hall–Kier alpha value is -3.70. The summed E-state index contributed by atoms with van der Waals surface area (Å²) in [6.07, 6.45) is 3.72. The minimum Gasteiger partial charge on any atom is -0.478 e. The van der Waals surface area contributed by atoms with Gasteiger partial charge in [-0.15, -0.1) is 0 Å². The summed E-state index contributed by atoms with van der Waals surface area (Å²) < 4.78 is 5.64. The lowest BCUT2D eigenvalue weighted by Crippen LogP contribution is -2.61. The monoisotopic (exact) mass is 446 g/mol. The predicted octanol–water partition coefficient (Wildman–Crippen LogP) is 2.40. The second-order valence-electron chi connectivity index (χ2n) is 8.36. The molecule has 2 unspecified atom stereocenters. The summed E-state index contributed by atoms with van der Waals surface area (Å²) in [6.45, 7) is 2.93. The van der Waals surface area contributed by atoms with Crippen molar-refractivity contribution in [3.05, 3.63) is 64.9 Å². The molecule has 2 bridgehead atoms. The third-order valence-electron chi connectivity index (χ3n) is 6.12. The van der Waals surface area contributed by atoms with Crippen molar-refractivity contribution in [3.63, 3.8) is 0 Å². The Kier molecular flexibility index (Phi) is 6.71. The number of aromatic nitrogens is 1. The molecule has 0 aliphatic carbocycles. The Bertz CT molecular complexity index is 1120. The molecule has 1 saturated heterocycles. The number of aliphatic carboxylic acids is 1. The maximum atomic E-state index is 12.1. The van der Waals surface area contributed by atoms with E-state index in [0.717, 1.165) is 29.5 Å². The number of carboxylic acids is 1. The molecule has 4 rings (SSSR count). The molecule has 1 aromatic carbocycles. The fourth-order valence-corrected chi connectivity index (χ4v) is 4.53. The first-order valence-corrected chi connectivity index (χ1v) is 11.0. The van der Waals surface area contributed by atoms with Crippen molar-refractivity contribution in [2.75, 3.05) is 19.7 Å². The molecule has 2 aromatic rings. The third kappa shape index (κ3) is 5.04. The smallest absolute Gasteiger partial charge is 0.333 e. The van der Waals surface area contributed by atoms with E-state index in [0.29, 0.717) is 43.1 Å². The molecule has 2 N–H and O–H groups in total. The van der Waals surface area contributed by atoms with Crippen LogP contribution in [0.4, 0.5) is 0 Å². The lowest BCUT2D eigenvalue weighted by atomic mass is 9.83. The number of carbonyl (C=O) groups is 2. The van der Waals surface area contributed by atoms with Crippen LogP contribution in [0.1, 0.15) is 36.5 Å². The molecule has 3 heterocycles. The van der Waals surface area contributed by atoms with Gasteiger partial charge in [-0.1, -0.05) is 24.3 Å². The lowest BCUT2D eigenvalue weighted by Gasteiger charge is -2.43. The Morgan fingerprint density at radius 2 is 2.06 bits per heavy atom. The highest BCUT2D eigenvalue weighted by Crippen LogP contribution is 2.33. The van der Waals surface area contributed by atoms with Crippen LogP contribution in [0.2, 0.25) is 0 Å². The Balaban J connectivity index is 1.42. The quantitative estimate of drug-likeness (QED) is 0.628. The van der Waals surface area contributed by atoms with E-state index >= 15 is 0 Å². The van der Waals surface area contributed by atoms with Gasteiger partial charge in [0.2, 0.25) is 11.8 Å². The van der Waals surface area contributed by atoms with E-state index in [-0.39, 0.29) is 18.0 Å². The maximum absolute atomic E-state index is 12.1. The van der Waals surface area contributed by atoms with Crippen LogP contribution in [-0.4, -0.2) is 58.6 Å². The number of aryl methyl sites for hydroxylation is 1. The molecule has 2 aliphatic heterocycles. The molecular formula is C25H26N4O4. The molecule has 2 atom stereocenters. The molecule has 8 nitrogen and oxygen atoms in total. The average molecular weight is 447 g/mol. The first kappa shape index (κ1) is 22.5. The summed E-state index contributed by atoms with van der Waals surface area (Å²) in [5.41, 5.74) is 3.64. The van der Waals surface area contributed by atoms with Gasteiger partial charge in [0, 0.05) is 32.3 Å². The molecule has 0 saturated carbocycles. The number of rotatable bonds is 7. The SMILES string of the molecule is CC(=O)N1CC2CC(c3ccc(CCCOc4ncccc4C#N)cc3)=C(C(=O)O)C(C1)N2. The van der Waals surface area contributed by atoms with E-state index < -0.39 is 5.97 Å². The second kappa shape index (κ2) is 9.84. The van der Waals surface area contributed by atoms with E-state index in [1.54, 1.807) is 23.2 Å². The summed E-state index contributed by atoms with van der Waals surface area (Å²) >= 11 is 0. The highest BCUT2D eigenvalue weighted by atomic mass is 16.5. The van der Waals surface area contributed by atoms with Crippen LogP contribution in [-0.2, 0) is 16.0 Å². The third-order valence-corrected chi connectivity index (χ3v) is 6.12. The topological polar surface area (TPSA) is 116 Å². The number of fused-ring (bicyclic) bond motifs is 2. The van der Waals surface area contributed by atoms with Crippen molar-refractivity contribution < 1.29 is 19.4 Å². The summed E-state index contributed by atoms with van der Waals surface area (Å²) in [7, 11) is 0. The standard InChI is InChI=1S/C25H26N4O4/c1-16(30)29-14-20-12-21(23(25(31)32)22(15-29)28-20)18-8-6-17(7-9-18)4-3-11-33-24-19(13-26)5-2-10-27-24/h2,5-10,20,22,28H,3-4,11-12,14-15H2,1H3,(H,31,32). The fraction of sp³-hybridized carbons (Fsp3) is 0.360. The average Bonchev–Trinajstić information content (AvgIpc) is 2.81. The van der Waals surface area contributed by atoms with Crippen LogP contribution >= 0.6 is 0 Å². The highest BCUT2D eigenvalue weighted by Gasteiger charge is 2.38. The van der Waals surface area contributed by atoms with Gasteiger partial charge in [-0.25, -0.2) is 9.78 Å². The van der Waals surface area contributed by atoms with Crippen LogP contribution in [0.15, 0.2) is 48.2 Å². The van der Waals surface area contributed by atoms with Gasteiger partial charge in [0.1, 0.15) is 11.6 Å². The van der Waals surface area contributed by atoms with Crippen molar-refractivity contribution in [1.29, 1.82) is 5.26 Å². The zero-order chi connectivity index (χ0) is 23.4. The van der Waals surface area contributed by atoms with Gasteiger partial charge in [-0.3, -0.25) is 4.79 Å². The second-order valence-corrected chi connectivity index (χ2v) is 8.36. The first-order chi connectivity index (χ1) is 16.0. The van der Waals surface area contributed by atoms with Crippen molar-refractivity contribution in [2.24, 2.45) is 0 Å². The number of pyridine rings is 1. The molecule has 1 fully saturated rings. The van der Waals surface area contributed by atoms with Gasteiger partial charge in [-0.05, 0) is 48.1 Å². The van der Waals surface area contributed by atoms with Gasteiger partial charge >= 0.3 is 5.97 Å². The zero-order valence-corrected chi connectivity index (χ0v) is 18.5. The van der Waals surface area contributed by atoms with Crippen LogP contribution in [0, 0.1) is 11.3 Å². The number of hydrogen-bond donors (Lipinski definition) is 2. The molecule has 8 heteroatoms. The number of carboxylic acid groups (broad SMARTS) is 1. The number of ether oxygens (including phenoxy) is 1. The number of carbonyl (C=O) groups excluding carboxylic acids is 1. The zero-order valence-electron chi connectivity index (χ0n) is 18.5. The van der Waals surface area contributed by atoms with E-state index in [2.05, 4.69) is 16.4 Å². The van der Waals surface area contributed by atoms with Gasteiger partial charge in [0.05, 0.1) is 18.2 Å². The number of piperazine rings is 1. The molecule has 1 aromatic heterocycles. The summed E-state index contributed by atoms with van der Waals surface area (Å²) in [5, 5.41) is 22.4. The summed E-state index contributed by atoms with van der Waals surface area (Å²) in [5.74, 6) is -0.623. The predicted molar refractivity (Wildman–Crippen MR) is 121 cm³/mol. The van der Waals surface area contributed by atoms with E-state index in [4.69, 9.17) is 10.00 Å². The molecule has 0 radical (unpaired) electrons. The normalized spacial score (nSPS) is 19.7. The van der Waals surface area contributed by atoms with Crippen molar-refractivity contribution in [2.45, 2.75) is 38.3 Å². The van der Waals surface area contributed by atoms with Gasteiger partial charge < -0.3 is 20.1 Å². The minimum absolute atomic E-state index is 0.0279. The van der Waals surface area contributed by atoms with Crippen molar-refractivity contribution in [1.82, 2.24) is 15.2 Å². The lowest BCUT2D eigenvalue weighted by molar-refractivity contribution is -0.135. The molecule has 1 amide bonds. The van der Waals surface area contributed by atoms with Crippen LogP contribution < -0.4 is 10.1 Å².